The molecule has 0 unspecified atom stereocenters. The molecule has 1 atom stereocenters. The number of carbonyl (C=O) groups is 2. The zero-order chi connectivity index (χ0) is 21.1. The molecule has 0 heterocycles. The van der Waals surface area contributed by atoms with Crippen LogP contribution in [0.15, 0.2) is 54.6 Å². The van der Waals surface area contributed by atoms with Gasteiger partial charge in [0.2, 0.25) is 11.8 Å². The summed E-state index contributed by atoms with van der Waals surface area (Å²) in [6.45, 7) is 4.59. The highest BCUT2D eigenvalue weighted by Crippen LogP contribution is 2.17. The summed E-state index contributed by atoms with van der Waals surface area (Å²) in [7, 11) is 1.62. The summed E-state index contributed by atoms with van der Waals surface area (Å²) in [6.07, 6.45) is 0.400. The Kier molecular flexibility index (Phi) is 9.57. The van der Waals surface area contributed by atoms with Crippen molar-refractivity contribution in [1.82, 2.24) is 10.2 Å². The van der Waals surface area contributed by atoms with Gasteiger partial charge in [-0.15, -0.1) is 0 Å². The summed E-state index contributed by atoms with van der Waals surface area (Å²) in [5, 5.41) is 2.82. The second-order valence-electron chi connectivity index (χ2n) is 6.73. The van der Waals surface area contributed by atoms with E-state index in [9.17, 15) is 9.59 Å². The predicted molar refractivity (Wildman–Crippen MR) is 119 cm³/mol. The van der Waals surface area contributed by atoms with E-state index in [4.69, 9.17) is 4.74 Å². The third kappa shape index (κ3) is 7.46. The van der Waals surface area contributed by atoms with Gasteiger partial charge in [0.1, 0.15) is 11.8 Å². The fraction of sp³-hybridized carbons (Fsp3) is 0.391. The maximum atomic E-state index is 12.9. The van der Waals surface area contributed by atoms with E-state index in [1.165, 1.54) is 5.56 Å². The fourth-order valence-corrected chi connectivity index (χ4v) is 3.79. The van der Waals surface area contributed by atoms with Crippen molar-refractivity contribution in [2.45, 2.75) is 38.6 Å². The van der Waals surface area contributed by atoms with Gasteiger partial charge in [-0.1, -0.05) is 42.5 Å². The summed E-state index contributed by atoms with van der Waals surface area (Å²) in [6, 6.07) is 17.3. The van der Waals surface area contributed by atoms with E-state index in [0.717, 1.165) is 22.8 Å². The number of likely N-dealkylation sites (N-methyl/N-ethyl adjacent to an activating group) is 1. The van der Waals surface area contributed by atoms with Crippen LogP contribution < -0.4 is 10.1 Å². The molecule has 2 amide bonds. The van der Waals surface area contributed by atoms with E-state index in [-0.39, 0.29) is 11.8 Å². The molecule has 0 bridgehead atoms. The largest absolute Gasteiger partial charge is 0.497 e. The van der Waals surface area contributed by atoms with Crippen molar-refractivity contribution in [3.8, 4) is 5.75 Å². The third-order valence-electron chi connectivity index (χ3n) is 4.60. The van der Waals surface area contributed by atoms with Crippen LogP contribution in [-0.4, -0.2) is 42.2 Å². The van der Waals surface area contributed by atoms with Gasteiger partial charge >= 0.3 is 0 Å². The van der Waals surface area contributed by atoms with Crippen molar-refractivity contribution in [3.63, 3.8) is 0 Å². The monoisotopic (exact) mass is 414 g/mol. The Balaban J connectivity index is 1.98. The lowest BCUT2D eigenvalue weighted by Gasteiger charge is -2.28. The van der Waals surface area contributed by atoms with E-state index < -0.39 is 6.04 Å². The molecule has 0 aliphatic carbocycles. The van der Waals surface area contributed by atoms with Crippen LogP contribution in [0.2, 0.25) is 0 Å². The Bertz CT molecular complexity index is 765. The van der Waals surface area contributed by atoms with Gasteiger partial charge in [0.05, 0.1) is 7.11 Å². The van der Waals surface area contributed by atoms with Crippen LogP contribution >= 0.6 is 11.8 Å². The first kappa shape index (κ1) is 22.8. The van der Waals surface area contributed by atoms with Crippen molar-refractivity contribution in [3.05, 3.63) is 65.7 Å². The Labute approximate surface area is 177 Å². The number of ether oxygens (including phenoxy) is 1. The Morgan fingerprint density at radius 2 is 1.76 bits per heavy atom. The molecule has 2 rings (SSSR count). The van der Waals surface area contributed by atoms with Gasteiger partial charge in [-0.25, -0.2) is 0 Å². The molecule has 0 saturated carbocycles. The number of hydrogen-bond donors (Lipinski definition) is 1. The second kappa shape index (κ2) is 12.2. The zero-order valence-corrected chi connectivity index (χ0v) is 18.2. The van der Waals surface area contributed by atoms with Crippen molar-refractivity contribution in [2.75, 3.05) is 19.4 Å². The van der Waals surface area contributed by atoms with Crippen molar-refractivity contribution < 1.29 is 14.3 Å². The lowest BCUT2D eigenvalue weighted by molar-refractivity contribution is -0.140. The lowest BCUT2D eigenvalue weighted by atomic mass is 10.1. The van der Waals surface area contributed by atoms with Crippen LogP contribution in [0.5, 0.6) is 5.75 Å². The van der Waals surface area contributed by atoms with Crippen molar-refractivity contribution >= 4 is 23.6 Å². The highest BCUT2D eigenvalue weighted by Gasteiger charge is 2.25. The number of rotatable bonds is 11. The van der Waals surface area contributed by atoms with Crippen molar-refractivity contribution in [1.29, 1.82) is 0 Å². The van der Waals surface area contributed by atoms with Crippen LogP contribution in [0.4, 0.5) is 0 Å². The number of thioether (sulfide) groups is 1. The molecular weight excluding hydrogens is 384 g/mol. The first-order chi connectivity index (χ1) is 14.0. The highest BCUT2D eigenvalue weighted by atomic mass is 32.2. The van der Waals surface area contributed by atoms with E-state index in [0.29, 0.717) is 19.5 Å². The van der Waals surface area contributed by atoms with E-state index in [1.54, 1.807) is 30.7 Å². The van der Waals surface area contributed by atoms with Crippen molar-refractivity contribution in [2.24, 2.45) is 0 Å². The summed E-state index contributed by atoms with van der Waals surface area (Å²) < 4.78 is 5.19. The Morgan fingerprint density at radius 1 is 1.07 bits per heavy atom. The van der Waals surface area contributed by atoms with E-state index in [1.807, 2.05) is 49.4 Å². The van der Waals surface area contributed by atoms with E-state index in [2.05, 4.69) is 17.4 Å². The van der Waals surface area contributed by atoms with Crippen LogP contribution in [0.3, 0.4) is 0 Å². The number of nitrogens with zero attached hydrogens (tertiary/aromatic N) is 1. The average molecular weight is 415 g/mol. The molecule has 2 aromatic carbocycles. The molecule has 0 aliphatic rings. The molecule has 0 fully saturated rings. The smallest absolute Gasteiger partial charge is 0.242 e. The van der Waals surface area contributed by atoms with Crippen LogP contribution in [0.25, 0.3) is 0 Å². The van der Waals surface area contributed by atoms with Gasteiger partial charge in [-0.05, 0) is 37.1 Å². The lowest BCUT2D eigenvalue weighted by Crippen LogP contribution is -2.47. The first-order valence-corrected chi connectivity index (χ1v) is 11.0. The molecule has 0 spiro atoms. The molecule has 29 heavy (non-hydrogen) atoms. The normalized spacial score (nSPS) is 11.6. The maximum Gasteiger partial charge on any atom is 0.242 e. The molecular formula is C23H30N2O3S. The average Bonchev–Trinajstić information content (AvgIpc) is 2.75. The molecule has 0 aromatic heterocycles. The molecule has 0 aliphatic heterocycles. The molecule has 6 heteroatoms. The Morgan fingerprint density at radius 3 is 2.38 bits per heavy atom. The molecule has 0 radical (unpaired) electrons. The minimum Gasteiger partial charge on any atom is -0.497 e. The number of carbonyl (C=O) groups excluding carboxylic acids is 2. The SMILES string of the molecule is CCNC(=O)[C@H](C)N(Cc1ccc(OC)cc1)C(=O)CCSCc1ccccc1. The summed E-state index contributed by atoms with van der Waals surface area (Å²) in [4.78, 5) is 27.0. The second-order valence-corrected chi connectivity index (χ2v) is 7.83. The quantitative estimate of drug-likeness (QED) is 0.567. The zero-order valence-electron chi connectivity index (χ0n) is 17.4. The summed E-state index contributed by atoms with van der Waals surface area (Å²) in [5.74, 6) is 2.21. The Hall–Kier alpha value is -2.47. The summed E-state index contributed by atoms with van der Waals surface area (Å²) >= 11 is 1.73. The van der Waals surface area contributed by atoms with Gasteiger partial charge in [-0.3, -0.25) is 9.59 Å². The van der Waals surface area contributed by atoms with Gasteiger partial charge in [0.25, 0.3) is 0 Å². The first-order valence-electron chi connectivity index (χ1n) is 9.87. The molecule has 156 valence electrons. The minimum atomic E-state index is -0.524. The number of hydrogen-bond acceptors (Lipinski definition) is 4. The number of amides is 2. The van der Waals surface area contributed by atoms with Crippen LogP contribution in [0, 0.1) is 0 Å². The number of methoxy groups -OCH3 is 1. The van der Waals surface area contributed by atoms with Gasteiger partial charge in [0.15, 0.2) is 0 Å². The van der Waals surface area contributed by atoms with Gasteiger partial charge in [-0.2, -0.15) is 11.8 Å². The van der Waals surface area contributed by atoms with Gasteiger partial charge < -0.3 is 15.0 Å². The number of benzene rings is 2. The molecule has 2 aromatic rings. The highest BCUT2D eigenvalue weighted by molar-refractivity contribution is 7.98. The van der Waals surface area contributed by atoms with E-state index >= 15 is 0 Å². The maximum absolute atomic E-state index is 12.9. The minimum absolute atomic E-state index is 0.0138. The van der Waals surface area contributed by atoms with Crippen LogP contribution in [-0.2, 0) is 21.9 Å². The topological polar surface area (TPSA) is 58.6 Å². The predicted octanol–water partition coefficient (Wildman–Crippen LogP) is 3.87. The molecule has 1 N–H and O–H groups in total. The fourth-order valence-electron chi connectivity index (χ4n) is 2.90. The third-order valence-corrected chi connectivity index (χ3v) is 5.63. The standard InChI is InChI=1S/C23H30N2O3S/c1-4-24-23(27)18(2)25(16-19-10-12-21(28-3)13-11-19)22(26)14-15-29-17-20-8-6-5-7-9-20/h5-13,18H,4,14-17H2,1-3H3,(H,24,27)/t18-/m0/s1. The molecule has 5 nitrogen and oxygen atoms in total. The van der Waals surface area contributed by atoms with Gasteiger partial charge in [0, 0.05) is 31.0 Å². The number of nitrogens with one attached hydrogen (secondary N) is 1. The van der Waals surface area contributed by atoms with Crippen LogP contribution in [0.1, 0.15) is 31.4 Å². The molecule has 0 saturated heterocycles. The summed E-state index contributed by atoms with van der Waals surface area (Å²) in [5.41, 5.74) is 2.21.